The quantitative estimate of drug-likeness (QED) is 0.608. The van der Waals surface area contributed by atoms with Gasteiger partial charge in [-0.05, 0) is 56.5 Å². The fourth-order valence-corrected chi connectivity index (χ4v) is 5.41. The summed E-state index contributed by atoms with van der Waals surface area (Å²) >= 11 is 1.51. The van der Waals surface area contributed by atoms with Gasteiger partial charge in [-0.1, -0.05) is 36.4 Å². The number of carbonyl (C=O) groups is 3. The summed E-state index contributed by atoms with van der Waals surface area (Å²) in [6, 6.07) is 14.6. The lowest BCUT2D eigenvalue weighted by atomic mass is 9.88. The Kier molecular flexibility index (Phi) is 7.35. The molecule has 0 saturated heterocycles. The van der Waals surface area contributed by atoms with Crippen LogP contribution >= 0.6 is 11.8 Å². The summed E-state index contributed by atoms with van der Waals surface area (Å²) in [5.41, 5.74) is 3.12. The molecule has 2 aromatic carbocycles. The maximum Gasteiger partial charge on any atom is 0.250 e. The maximum absolute atomic E-state index is 13.5. The number of aryl methyl sites for hydroxylation is 1. The summed E-state index contributed by atoms with van der Waals surface area (Å²) in [5, 5.41) is 8.88. The Morgan fingerprint density at radius 3 is 2.67 bits per heavy atom. The van der Waals surface area contributed by atoms with Crippen LogP contribution < -0.4 is 20.9 Å². The number of carbonyl (C=O) groups excluding carboxylic acids is 3. The van der Waals surface area contributed by atoms with E-state index < -0.39 is 12.1 Å². The highest BCUT2D eigenvalue weighted by Gasteiger charge is 2.34. The molecule has 0 radical (unpaired) electrons. The Hall–Kier alpha value is -2.84. The molecule has 0 fully saturated rings. The van der Waals surface area contributed by atoms with Gasteiger partial charge in [-0.15, -0.1) is 11.8 Å². The number of thioether (sulfide) groups is 1. The Morgan fingerprint density at radius 1 is 1.09 bits per heavy atom. The van der Waals surface area contributed by atoms with Gasteiger partial charge in [-0.3, -0.25) is 14.4 Å². The molecule has 0 unspecified atom stereocenters. The molecule has 0 saturated carbocycles. The van der Waals surface area contributed by atoms with Crippen LogP contribution in [-0.4, -0.2) is 49.2 Å². The van der Waals surface area contributed by atoms with Crippen LogP contribution in [0.5, 0.6) is 0 Å². The van der Waals surface area contributed by atoms with E-state index in [4.69, 9.17) is 0 Å². The number of amides is 3. The summed E-state index contributed by atoms with van der Waals surface area (Å²) in [4.78, 5) is 41.5. The van der Waals surface area contributed by atoms with Crippen LogP contribution in [0.15, 0.2) is 53.4 Å². The van der Waals surface area contributed by atoms with Gasteiger partial charge in [0.25, 0.3) is 5.91 Å². The molecule has 3 N–H and O–H groups in total. The molecule has 3 amide bonds. The molecule has 1 aliphatic heterocycles. The predicted molar refractivity (Wildman–Crippen MR) is 130 cm³/mol. The average Bonchev–Trinajstić information content (AvgIpc) is 2.96. The van der Waals surface area contributed by atoms with E-state index in [0.717, 1.165) is 29.7 Å². The fourth-order valence-electron chi connectivity index (χ4n) is 4.34. The molecule has 3 atom stereocenters. The largest absolute Gasteiger partial charge is 0.348 e. The van der Waals surface area contributed by atoms with E-state index in [-0.39, 0.29) is 30.3 Å². The van der Waals surface area contributed by atoms with Crippen molar-refractivity contribution in [2.75, 3.05) is 24.2 Å². The Balaban J connectivity index is 1.53. The Bertz CT molecular complexity index is 1040. The van der Waals surface area contributed by atoms with Crippen molar-refractivity contribution in [3.8, 4) is 0 Å². The third-order valence-electron chi connectivity index (χ3n) is 6.27. The number of likely N-dealkylation sites (N-methyl/N-ethyl adjacent to an activating group) is 1. The van der Waals surface area contributed by atoms with E-state index in [1.807, 2.05) is 36.4 Å². The molecule has 4 rings (SSSR count). The first-order chi connectivity index (χ1) is 16.0. The molecule has 7 nitrogen and oxygen atoms in total. The van der Waals surface area contributed by atoms with E-state index in [1.165, 1.54) is 22.2 Å². The van der Waals surface area contributed by atoms with Gasteiger partial charge >= 0.3 is 0 Å². The van der Waals surface area contributed by atoms with Crippen molar-refractivity contribution in [2.24, 2.45) is 0 Å². The van der Waals surface area contributed by atoms with E-state index in [1.54, 1.807) is 14.0 Å². The summed E-state index contributed by atoms with van der Waals surface area (Å²) < 4.78 is 0. The highest BCUT2D eigenvalue weighted by Crippen LogP contribution is 2.34. The van der Waals surface area contributed by atoms with E-state index in [0.29, 0.717) is 11.4 Å². The second-order valence-electron chi connectivity index (χ2n) is 8.49. The molecular weight excluding hydrogens is 436 g/mol. The minimum Gasteiger partial charge on any atom is -0.348 e. The summed E-state index contributed by atoms with van der Waals surface area (Å²) in [6.07, 6.45) is 2.91. The van der Waals surface area contributed by atoms with Gasteiger partial charge in [0.2, 0.25) is 11.8 Å². The molecule has 1 aliphatic carbocycles. The number of rotatable bonds is 6. The number of nitrogens with zero attached hydrogens (tertiary/aromatic N) is 1. The molecule has 0 aromatic heterocycles. The lowest BCUT2D eigenvalue weighted by molar-refractivity contribution is -0.128. The van der Waals surface area contributed by atoms with Crippen molar-refractivity contribution < 1.29 is 14.4 Å². The van der Waals surface area contributed by atoms with Gasteiger partial charge in [0.15, 0.2) is 0 Å². The van der Waals surface area contributed by atoms with Crippen LogP contribution in [0.25, 0.3) is 0 Å². The van der Waals surface area contributed by atoms with Crippen LogP contribution in [0, 0.1) is 0 Å². The topological polar surface area (TPSA) is 90.5 Å². The van der Waals surface area contributed by atoms with Gasteiger partial charge in [-0.25, -0.2) is 0 Å². The summed E-state index contributed by atoms with van der Waals surface area (Å²) in [7, 11) is 1.70. The average molecular weight is 467 g/mol. The SMILES string of the molecule is CN[C@@H](C)C(=O)N[C@@H]1CSc2ccccc2N(CC(=O)N[C@@H]2CCCc3ccccc32)C1=O. The third kappa shape index (κ3) is 5.23. The second kappa shape index (κ2) is 10.4. The van der Waals surface area contributed by atoms with Crippen molar-refractivity contribution in [3.05, 3.63) is 59.7 Å². The molecule has 2 aromatic rings. The molecule has 0 bridgehead atoms. The molecule has 33 heavy (non-hydrogen) atoms. The molecular formula is C25H30N4O3S. The van der Waals surface area contributed by atoms with Crippen molar-refractivity contribution in [2.45, 2.75) is 49.2 Å². The van der Waals surface area contributed by atoms with E-state index >= 15 is 0 Å². The number of hydrogen-bond donors (Lipinski definition) is 3. The molecule has 0 spiro atoms. The number of anilines is 1. The second-order valence-corrected chi connectivity index (χ2v) is 9.55. The van der Waals surface area contributed by atoms with Gasteiger partial charge in [0, 0.05) is 10.6 Å². The standard InChI is InChI=1S/C25H30N4O3S/c1-16(26-2)24(31)28-20-15-33-22-13-6-5-12-21(22)29(25(20)32)14-23(30)27-19-11-7-9-17-8-3-4-10-18(17)19/h3-6,8,10,12-13,16,19-20,26H,7,9,11,14-15H2,1-2H3,(H,27,30)(H,28,31)/t16-,19+,20+/m0/s1. The number of hydrogen-bond acceptors (Lipinski definition) is 5. The highest BCUT2D eigenvalue weighted by atomic mass is 32.2. The van der Waals surface area contributed by atoms with Gasteiger partial charge in [-0.2, -0.15) is 0 Å². The van der Waals surface area contributed by atoms with Crippen LogP contribution in [-0.2, 0) is 20.8 Å². The minimum atomic E-state index is -0.714. The first-order valence-electron chi connectivity index (χ1n) is 11.4. The van der Waals surface area contributed by atoms with E-state index in [9.17, 15) is 14.4 Å². The maximum atomic E-state index is 13.5. The van der Waals surface area contributed by atoms with Crippen molar-refractivity contribution in [1.82, 2.24) is 16.0 Å². The lowest BCUT2D eigenvalue weighted by Crippen LogP contribution is -2.54. The van der Waals surface area contributed by atoms with Gasteiger partial charge in [0.05, 0.1) is 17.8 Å². The van der Waals surface area contributed by atoms with Gasteiger partial charge in [0.1, 0.15) is 12.6 Å². The van der Waals surface area contributed by atoms with Crippen LogP contribution in [0.2, 0.25) is 0 Å². The van der Waals surface area contributed by atoms with Crippen molar-refractivity contribution in [1.29, 1.82) is 0 Å². The predicted octanol–water partition coefficient (Wildman–Crippen LogP) is 2.41. The first-order valence-corrected chi connectivity index (χ1v) is 12.3. The zero-order valence-corrected chi connectivity index (χ0v) is 19.8. The summed E-state index contributed by atoms with van der Waals surface area (Å²) in [5.74, 6) is -0.319. The van der Waals surface area contributed by atoms with Gasteiger partial charge < -0.3 is 20.9 Å². The fraction of sp³-hybridized carbons (Fsp3) is 0.400. The lowest BCUT2D eigenvalue weighted by Gasteiger charge is -2.29. The molecule has 174 valence electrons. The number of nitrogens with one attached hydrogen (secondary N) is 3. The van der Waals surface area contributed by atoms with E-state index in [2.05, 4.69) is 28.1 Å². The number of para-hydroxylation sites is 1. The van der Waals surface area contributed by atoms with Crippen LogP contribution in [0.4, 0.5) is 5.69 Å². The monoisotopic (exact) mass is 466 g/mol. The Morgan fingerprint density at radius 2 is 1.85 bits per heavy atom. The van der Waals surface area contributed by atoms with Crippen LogP contribution in [0.3, 0.4) is 0 Å². The van der Waals surface area contributed by atoms with Crippen molar-refractivity contribution >= 4 is 35.2 Å². The molecule has 8 heteroatoms. The minimum absolute atomic E-state index is 0.0545. The summed E-state index contributed by atoms with van der Waals surface area (Å²) in [6.45, 7) is 1.65. The highest BCUT2D eigenvalue weighted by molar-refractivity contribution is 7.99. The zero-order valence-electron chi connectivity index (χ0n) is 19.0. The molecule has 2 aliphatic rings. The van der Waals surface area contributed by atoms with Crippen molar-refractivity contribution in [3.63, 3.8) is 0 Å². The number of benzene rings is 2. The molecule has 1 heterocycles. The first kappa shape index (κ1) is 23.3. The zero-order chi connectivity index (χ0) is 23.4. The van der Waals surface area contributed by atoms with Crippen LogP contribution in [0.1, 0.15) is 36.9 Å². The number of fused-ring (bicyclic) bond motifs is 2. The smallest absolute Gasteiger partial charge is 0.250 e. The third-order valence-corrected chi connectivity index (χ3v) is 7.43. The Labute approximate surface area is 198 Å². The normalized spacial score (nSPS) is 20.8.